The monoisotopic (exact) mass is 300 g/mol. The second-order valence-corrected chi connectivity index (χ2v) is 6.84. The molecule has 19 heavy (non-hydrogen) atoms. The van der Waals surface area contributed by atoms with Gasteiger partial charge >= 0.3 is 0 Å². The fourth-order valence-corrected chi connectivity index (χ4v) is 3.55. The molecule has 0 aliphatic carbocycles. The van der Waals surface area contributed by atoms with E-state index in [1.165, 1.54) is 0 Å². The molecule has 1 aliphatic heterocycles. The summed E-state index contributed by atoms with van der Waals surface area (Å²) < 4.78 is 12.4. The second kappa shape index (κ2) is 5.92. The van der Waals surface area contributed by atoms with Crippen LogP contribution < -0.4 is 5.73 Å². The molecule has 0 spiro atoms. The van der Waals surface area contributed by atoms with Crippen LogP contribution in [0.2, 0.25) is 5.02 Å². The SMILES string of the molecule is CC(C(=O)N1CCCC1)S(=O)c1ccc(N)c(Cl)c1. The fraction of sp³-hybridized carbons (Fsp3) is 0.462. The van der Waals surface area contributed by atoms with Crippen LogP contribution in [0, 0.1) is 0 Å². The first-order valence-electron chi connectivity index (χ1n) is 6.25. The highest BCUT2D eigenvalue weighted by Crippen LogP contribution is 2.23. The predicted molar refractivity (Wildman–Crippen MR) is 77.5 cm³/mol. The molecule has 2 N–H and O–H groups in total. The van der Waals surface area contributed by atoms with Crippen molar-refractivity contribution in [3.05, 3.63) is 23.2 Å². The first-order chi connectivity index (χ1) is 9.00. The van der Waals surface area contributed by atoms with E-state index in [9.17, 15) is 9.00 Å². The van der Waals surface area contributed by atoms with Gasteiger partial charge in [0.05, 0.1) is 21.5 Å². The summed E-state index contributed by atoms with van der Waals surface area (Å²) in [5, 5.41) is -0.190. The third kappa shape index (κ3) is 3.09. The van der Waals surface area contributed by atoms with Crippen molar-refractivity contribution in [2.24, 2.45) is 0 Å². The summed E-state index contributed by atoms with van der Waals surface area (Å²) in [5.74, 6) is -0.0521. The van der Waals surface area contributed by atoms with Gasteiger partial charge in [-0.3, -0.25) is 9.00 Å². The number of hydrogen-bond acceptors (Lipinski definition) is 3. The van der Waals surface area contributed by atoms with Crippen LogP contribution in [-0.4, -0.2) is 33.4 Å². The highest BCUT2D eigenvalue weighted by atomic mass is 35.5. The Kier molecular flexibility index (Phi) is 4.47. The summed E-state index contributed by atoms with van der Waals surface area (Å²) in [5.41, 5.74) is 6.06. The molecule has 1 heterocycles. The van der Waals surface area contributed by atoms with E-state index in [2.05, 4.69) is 0 Å². The quantitative estimate of drug-likeness (QED) is 0.869. The number of halogens is 1. The van der Waals surface area contributed by atoms with E-state index in [1.54, 1.807) is 30.0 Å². The van der Waals surface area contributed by atoms with Crippen LogP contribution in [0.25, 0.3) is 0 Å². The number of anilines is 1. The molecular formula is C13H17ClN2O2S. The molecule has 0 bridgehead atoms. The Labute approximate surface area is 120 Å². The Morgan fingerprint density at radius 2 is 2.05 bits per heavy atom. The lowest BCUT2D eigenvalue weighted by Gasteiger charge is -2.20. The van der Waals surface area contributed by atoms with Crippen molar-refractivity contribution < 1.29 is 9.00 Å². The van der Waals surface area contributed by atoms with Gasteiger partial charge in [-0.15, -0.1) is 0 Å². The van der Waals surface area contributed by atoms with Crippen molar-refractivity contribution in [3.8, 4) is 0 Å². The van der Waals surface area contributed by atoms with Gasteiger partial charge in [-0.05, 0) is 38.0 Å². The molecule has 0 saturated carbocycles. The van der Waals surface area contributed by atoms with Crippen molar-refractivity contribution in [1.29, 1.82) is 0 Å². The topological polar surface area (TPSA) is 63.4 Å². The van der Waals surface area contributed by atoms with Crippen LogP contribution in [0.15, 0.2) is 23.1 Å². The van der Waals surface area contributed by atoms with Crippen LogP contribution in [0.4, 0.5) is 5.69 Å². The van der Waals surface area contributed by atoms with Gasteiger partial charge in [0.2, 0.25) is 5.91 Å². The molecule has 2 rings (SSSR count). The van der Waals surface area contributed by atoms with Gasteiger partial charge in [0, 0.05) is 18.0 Å². The zero-order valence-electron chi connectivity index (χ0n) is 10.8. The van der Waals surface area contributed by atoms with Crippen molar-refractivity contribution in [1.82, 2.24) is 4.90 Å². The Bertz CT molecular complexity index is 515. The van der Waals surface area contributed by atoms with E-state index in [4.69, 9.17) is 17.3 Å². The van der Waals surface area contributed by atoms with Crippen LogP contribution in [0.3, 0.4) is 0 Å². The molecule has 1 aromatic rings. The zero-order chi connectivity index (χ0) is 14.0. The molecule has 104 valence electrons. The standard InChI is InChI=1S/C13H17ClN2O2S/c1-9(13(17)16-6-2-3-7-16)19(18)10-4-5-12(15)11(14)8-10/h4-5,8-9H,2-3,6-7,15H2,1H3. The number of carbonyl (C=O) groups is 1. The second-order valence-electron chi connectivity index (χ2n) is 4.66. The number of likely N-dealkylation sites (tertiary alicyclic amines) is 1. The first kappa shape index (κ1) is 14.3. The predicted octanol–water partition coefficient (Wildman–Crippen LogP) is 2.04. The van der Waals surface area contributed by atoms with Crippen molar-refractivity contribution in [2.75, 3.05) is 18.8 Å². The highest BCUT2D eigenvalue weighted by Gasteiger charge is 2.28. The molecule has 1 aliphatic rings. The lowest BCUT2D eigenvalue weighted by atomic mass is 10.3. The molecule has 0 aromatic heterocycles. The third-order valence-electron chi connectivity index (χ3n) is 3.29. The summed E-state index contributed by atoms with van der Waals surface area (Å²) in [7, 11) is -1.40. The van der Waals surface area contributed by atoms with Crippen molar-refractivity contribution >= 4 is 34.0 Å². The number of nitrogen functional groups attached to an aromatic ring is 1. The molecule has 2 atom stereocenters. The summed E-state index contributed by atoms with van der Waals surface area (Å²) in [6, 6.07) is 4.84. The number of benzene rings is 1. The van der Waals surface area contributed by atoms with Crippen LogP contribution in [0.5, 0.6) is 0 Å². The minimum Gasteiger partial charge on any atom is -0.398 e. The Balaban J connectivity index is 2.13. The van der Waals surface area contributed by atoms with E-state index >= 15 is 0 Å². The molecular weight excluding hydrogens is 284 g/mol. The van der Waals surface area contributed by atoms with Gasteiger partial charge < -0.3 is 10.6 Å². The van der Waals surface area contributed by atoms with Crippen LogP contribution in [0.1, 0.15) is 19.8 Å². The van der Waals surface area contributed by atoms with E-state index < -0.39 is 16.0 Å². The average molecular weight is 301 g/mol. The number of hydrogen-bond donors (Lipinski definition) is 1. The molecule has 1 saturated heterocycles. The molecule has 1 fully saturated rings. The maximum atomic E-state index is 12.4. The average Bonchev–Trinajstić information content (AvgIpc) is 2.93. The van der Waals surface area contributed by atoms with Gasteiger partial charge in [0.15, 0.2) is 0 Å². The molecule has 6 heteroatoms. The number of carbonyl (C=O) groups excluding carboxylic acids is 1. The minimum absolute atomic E-state index is 0.0521. The zero-order valence-corrected chi connectivity index (χ0v) is 12.3. The van der Waals surface area contributed by atoms with Crippen molar-refractivity contribution in [3.63, 3.8) is 0 Å². The van der Waals surface area contributed by atoms with Gasteiger partial charge in [-0.25, -0.2) is 0 Å². The largest absolute Gasteiger partial charge is 0.398 e. The smallest absolute Gasteiger partial charge is 0.238 e. The normalized spacial score (nSPS) is 18.3. The molecule has 0 radical (unpaired) electrons. The summed E-state index contributed by atoms with van der Waals surface area (Å²) >= 11 is 5.91. The van der Waals surface area contributed by atoms with Gasteiger partial charge in [-0.2, -0.15) is 0 Å². The van der Waals surface area contributed by atoms with E-state index in [0.717, 1.165) is 25.9 Å². The Morgan fingerprint density at radius 3 is 2.63 bits per heavy atom. The van der Waals surface area contributed by atoms with Gasteiger partial charge in [0.1, 0.15) is 5.25 Å². The Hall–Kier alpha value is -1.07. The summed E-state index contributed by atoms with van der Waals surface area (Å²) in [6.45, 7) is 3.23. The molecule has 2 unspecified atom stereocenters. The number of nitrogens with zero attached hydrogens (tertiary/aromatic N) is 1. The summed E-state index contributed by atoms with van der Waals surface area (Å²) in [4.78, 5) is 14.5. The lowest BCUT2D eigenvalue weighted by molar-refractivity contribution is -0.129. The number of nitrogens with two attached hydrogens (primary N) is 1. The highest BCUT2D eigenvalue weighted by molar-refractivity contribution is 7.86. The van der Waals surface area contributed by atoms with Crippen LogP contribution in [-0.2, 0) is 15.6 Å². The molecule has 4 nitrogen and oxygen atoms in total. The van der Waals surface area contributed by atoms with Crippen LogP contribution >= 0.6 is 11.6 Å². The lowest BCUT2D eigenvalue weighted by Crippen LogP contribution is -2.37. The minimum atomic E-state index is -1.40. The Morgan fingerprint density at radius 1 is 1.42 bits per heavy atom. The van der Waals surface area contributed by atoms with E-state index in [0.29, 0.717) is 15.6 Å². The van der Waals surface area contributed by atoms with Gasteiger partial charge in [-0.1, -0.05) is 11.6 Å². The maximum Gasteiger partial charge on any atom is 0.238 e. The molecule has 1 amide bonds. The summed E-state index contributed by atoms with van der Waals surface area (Å²) in [6.07, 6.45) is 2.05. The molecule has 1 aromatic carbocycles. The van der Waals surface area contributed by atoms with Gasteiger partial charge in [0.25, 0.3) is 0 Å². The maximum absolute atomic E-state index is 12.4. The number of rotatable bonds is 3. The number of amides is 1. The van der Waals surface area contributed by atoms with E-state index in [-0.39, 0.29) is 5.91 Å². The van der Waals surface area contributed by atoms with Crippen molar-refractivity contribution in [2.45, 2.75) is 29.9 Å². The van der Waals surface area contributed by atoms with E-state index in [1.807, 2.05) is 0 Å². The first-order valence-corrected chi connectivity index (χ1v) is 7.84. The fourth-order valence-electron chi connectivity index (χ4n) is 2.12. The third-order valence-corrected chi connectivity index (χ3v) is 5.18.